The number of carbonyl (C=O) groups is 2. The van der Waals surface area contributed by atoms with Crippen LogP contribution in [0.2, 0.25) is 0 Å². The van der Waals surface area contributed by atoms with Gasteiger partial charge in [-0.1, -0.05) is 262 Å². The summed E-state index contributed by atoms with van der Waals surface area (Å²) in [6.07, 6.45) is -8.46. The van der Waals surface area contributed by atoms with E-state index in [9.17, 15) is 35.9 Å². The van der Waals surface area contributed by atoms with Gasteiger partial charge < -0.3 is 10.5 Å². The van der Waals surface area contributed by atoms with Crippen LogP contribution in [0.15, 0.2) is 200 Å². The van der Waals surface area contributed by atoms with E-state index in [-0.39, 0.29) is 23.5 Å². The number of hydrogen-bond donors (Lipinski definition) is 1. The van der Waals surface area contributed by atoms with E-state index in [2.05, 4.69) is 157 Å². The van der Waals surface area contributed by atoms with Gasteiger partial charge in [-0.05, 0) is 160 Å². The van der Waals surface area contributed by atoms with E-state index in [1.807, 2.05) is 92.7 Å². The van der Waals surface area contributed by atoms with Crippen LogP contribution in [0.4, 0.5) is 26.3 Å². The van der Waals surface area contributed by atoms with Crippen molar-refractivity contribution in [3.8, 4) is 11.8 Å². The molecule has 490 valence electrons. The topological polar surface area (TPSA) is 93.2 Å². The summed E-state index contributed by atoms with van der Waals surface area (Å²) in [5.41, 5.74) is 16.7. The number of methoxy groups -OCH3 is 1. The van der Waals surface area contributed by atoms with Crippen LogP contribution in [-0.4, -0.2) is 18.8 Å². The number of alkyl halides is 6. The van der Waals surface area contributed by atoms with Crippen molar-refractivity contribution in [2.24, 2.45) is 5.73 Å². The van der Waals surface area contributed by atoms with Crippen molar-refractivity contribution >= 4 is 11.7 Å². The monoisotopic (exact) mass is 1250 g/mol. The molecule has 0 radical (unpaired) electrons. The molecule has 8 aromatic carbocycles. The molecule has 0 spiro atoms. The largest absolute Gasteiger partial charge is 0.497 e. The number of aryl methyl sites for hydroxylation is 1. The third kappa shape index (κ3) is 32.4. The van der Waals surface area contributed by atoms with Crippen molar-refractivity contribution in [3.05, 3.63) is 278 Å². The summed E-state index contributed by atoms with van der Waals surface area (Å²) in [6.45, 7) is 37.1. The molecule has 8 rings (SSSR count). The minimum Gasteiger partial charge on any atom is -0.497 e. The fraction of sp³-hybridized carbons (Fsp3) is 0.362. The molecule has 0 bridgehead atoms. The molecule has 0 aliphatic rings. The van der Waals surface area contributed by atoms with Gasteiger partial charge in [0, 0.05) is 11.1 Å². The highest BCUT2D eigenvalue weighted by Crippen LogP contribution is 2.35. The van der Waals surface area contributed by atoms with E-state index >= 15 is 0 Å². The van der Waals surface area contributed by atoms with E-state index in [1.165, 1.54) is 63.2 Å². The highest BCUT2D eigenvalue weighted by molar-refractivity contribution is 5.94. The minimum atomic E-state index is -4.24. The zero-order valence-electron chi connectivity index (χ0n) is 57.2. The number of carbonyl (C=O) groups excluding carboxylic acids is 2. The minimum absolute atomic E-state index is 0.0992. The van der Waals surface area contributed by atoms with Crippen LogP contribution in [0.3, 0.4) is 0 Å². The molecule has 0 heterocycles. The maximum absolute atomic E-state index is 12.4. The first kappa shape index (κ1) is 80.8. The lowest BCUT2D eigenvalue weighted by Gasteiger charge is -2.14. The molecule has 0 saturated carbocycles. The zero-order chi connectivity index (χ0) is 69.2. The summed E-state index contributed by atoms with van der Waals surface area (Å²) in [5.74, 6) is 4.33. The molecular weight excluding hydrogens is 1150 g/mol. The molecule has 0 fully saturated rings. The summed E-state index contributed by atoms with van der Waals surface area (Å²) in [7, 11) is 1.68. The van der Waals surface area contributed by atoms with Gasteiger partial charge in [-0.25, -0.2) is 0 Å². The molecular formula is C80H100F6N2O3. The fourth-order valence-electron chi connectivity index (χ4n) is 8.17. The lowest BCUT2D eigenvalue weighted by molar-refractivity contribution is -0.138. The second-order valence-electron chi connectivity index (χ2n) is 24.4. The SMILES string of the molecule is CC(=O)c1ccc(C(C)C)cc1.CC(C)c1ccc(C#N)cc1.CC(C)c1ccc(C(F)(F)F)cc1.CC(C)c1ccc(C(N)=O)cc1.CC(C)c1ccccc1.CC(C)c1ccccc1C(F)(F)F.COc1ccc(C(C)C)cc1.Cc1ccc(C(C)C)cc1. The molecule has 0 aliphatic carbocycles. The Kier molecular flexibility index (Phi) is 36.6. The van der Waals surface area contributed by atoms with Gasteiger partial charge in [-0.2, -0.15) is 31.6 Å². The van der Waals surface area contributed by atoms with Crippen LogP contribution in [0.25, 0.3) is 0 Å². The molecule has 0 unspecified atom stereocenters. The van der Waals surface area contributed by atoms with Crippen molar-refractivity contribution in [2.45, 2.75) is 184 Å². The van der Waals surface area contributed by atoms with Crippen LogP contribution >= 0.6 is 0 Å². The Bertz CT molecular complexity index is 3240. The van der Waals surface area contributed by atoms with E-state index in [4.69, 9.17) is 15.7 Å². The molecule has 11 heteroatoms. The zero-order valence-corrected chi connectivity index (χ0v) is 57.2. The van der Waals surface area contributed by atoms with E-state index in [0.29, 0.717) is 46.6 Å². The standard InChI is InChI=1S/C11H14O.2C10H11F3.C10H13NO.C10H11N.C10H14O.C10H14.C9H12/c1-8(2)10-4-6-11(7-5-10)9(3)12;1-7(2)8-3-5-9(6-4-8)10(11,12)13;1-7(2)8-5-3-4-6-9(8)10(11,12)13;1-7(2)8-3-5-9(6-4-8)10(11)12;1-8(2)10-5-3-9(7-11)4-6-10;1-8(2)9-4-6-10(11-3)7-5-9;1-8(2)10-6-4-9(3)5-7-10;1-8(2)9-6-4-3-5-7-9/h4-8H,1-3H3;2*3-7H,1-2H3;3-7H,1-2H3,(H2,11,12);3-6,8H,1-2H3;4-8H,1-3H3;4-8H,1-3H3;3-8H,1-2H3. The van der Waals surface area contributed by atoms with Crippen LogP contribution < -0.4 is 10.5 Å². The second kappa shape index (κ2) is 41.2. The summed E-state index contributed by atoms with van der Waals surface area (Å²) >= 11 is 0. The number of Topliss-reactive ketones (excluding diaryl/α,β-unsaturated/α-hetero) is 1. The smallest absolute Gasteiger partial charge is 0.416 e. The Hall–Kier alpha value is -8.23. The number of ether oxygens (including phenoxy) is 1. The van der Waals surface area contributed by atoms with Crippen molar-refractivity contribution in [3.63, 3.8) is 0 Å². The Morgan fingerprint density at radius 3 is 0.989 bits per heavy atom. The molecule has 5 nitrogen and oxygen atoms in total. The number of nitrogens with two attached hydrogens (primary N) is 1. The third-order valence-electron chi connectivity index (χ3n) is 14.3. The Morgan fingerprint density at radius 2 is 0.703 bits per heavy atom. The summed E-state index contributed by atoms with van der Waals surface area (Å²) < 4.78 is 78.6. The Balaban J connectivity index is 0.000000521. The van der Waals surface area contributed by atoms with Crippen LogP contribution in [0, 0.1) is 18.3 Å². The van der Waals surface area contributed by atoms with Crippen LogP contribution in [0.5, 0.6) is 5.75 Å². The molecule has 1 amide bonds. The first-order valence-electron chi connectivity index (χ1n) is 31.1. The second-order valence-corrected chi connectivity index (χ2v) is 24.4. The van der Waals surface area contributed by atoms with Crippen molar-refractivity contribution < 1.29 is 40.7 Å². The average Bonchev–Trinajstić information content (AvgIpc) is 2.94. The maximum atomic E-state index is 12.4. The fourth-order valence-corrected chi connectivity index (χ4v) is 8.17. The van der Waals surface area contributed by atoms with Gasteiger partial charge in [0.05, 0.1) is 29.9 Å². The lowest BCUT2D eigenvalue weighted by atomic mass is 9.97. The third-order valence-corrected chi connectivity index (χ3v) is 14.3. The highest BCUT2D eigenvalue weighted by atomic mass is 19.4. The van der Waals surface area contributed by atoms with E-state index in [1.54, 1.807) is 46.1 Å². The van der Waals surface area contributed by atoms with Gasteiger partial charge in [-0.3, -0.25) is 9.59 Å². The molecule has 91 heavy (non-hydrogen) atoms. The normalized spacial score (nSPS) is 10.7. The number of nitrogens with zero attached hydrogens (tertiary/aromatic N) is 1. The molecule has 0 aliphatic heterocycles. The molecule has 0 aromatic heterocycles. The Labute approximate surface area is 542 Å². The van der Waals surface area contributed by atoms with Gasteiger partial charge in [0.1, 0.15) is 5.75 Å². The van der Waals surface area contributed by atoms with Gasteiger partial charge in [0.15, 0.2) is 5.78 Å². The Morgan fingerprint density at radius 1 is 0.396 bits per heavy atom. The number of halogens is 6. The van der Waals surface area contributed by atoms with Crippen LogP contribution in [0.1, 0.15) is 253 Å². The predicted molar refractivity (Wildman–Crippen MR) is 369 cm³/mol. The molecule has 2 N–H and O–H groups in total. The van der Waals surface area contributed by atoms with Gasteiger partial charge in [-0.15, -0.1) is 0 Å². The quantitative estimate of drug-likeness (QED) is 0.103. The average molecular weight is 1250 g/mol. The van der Waals surface area contributed by atoms with E-state index < -0.39 is 23.5 Å². The number of rotatable bonds is 11. The van der Waals surface area contributed by atoms with Crippen LogP contribution in [-0.2, 0) is 12.4 Å². The number of hydrogen-bond acceptors (Lipinski definition) is 4. The predicted octanol–water partition coefficient (Wildman–Crippen LogP) is 24.0. The maximum Gasteiger partial charge on any atom is 0.416 e. The van der Waals surface area contributed by atoms with E-state index in [0.717, 1.165) is 40.6 Å². The molecule has 0 saturated heterocycles. The number of amides is 1. The van der Waals surface area contributed by atoms with Gasteiger partial charge >= 0.3 is 12.4 Å². The first-order chi connectivity index (χ1) is 42.5. The van der Waals surface area contributed by atoms with Gasteiger partial charge in [0.25, 0.3) is 0 Å². The van der Waals surface area contributed by atoms with Crippen molar-refractivity contribution in [1.29, 1.82) is 5.26 Å². The van der Waals surface area contributed by atoms with Crippen molar-refractivity contribution in [2.75, 3.05) is 7.11 Å². The molecule has 8 aromatic rings. The first-order valence-corrected chi connectivity index (χ1v) is 31.1. The highest BCUT2D eigenvalue weighted by Gasteiger charge is 2.33. The lowest BCUT2D eigenvalue weighted by Crippen LogP contribution is -2.10. The summed E-state index contributed by atoms with van der Waals surface area (Å²) in [5, 5.41) is 8.52. The summed E-state index contributed by atoms with van der Waals surface area (Å²) in [4.78, 5) is 21.6. The summed E-state index contributed by atoms with van der Waals surface area (Å²) in [6, 6.07) is 63.4. The number of ketones is 1. The number of benzene rings is 8. The number of nitriles is 1. The van der Waals surface area contributed by atoms with Crippen molar-refractivity contribution in [1.82, 2.24) is 0 Å². The molecule has 0 atom stereocenters. The number of primary amides is 1. The van der Waals surface area contributed by atoms with Gasteiger partial charge in [0.2, 0.25) is 5.91 Å².